The summed E-state index contributed by atoms with van der Waals surface area (Å²) in [6.45, 7) is 6.19. The van der Waals surface area contributed by atoms with E-state index in [0.717, 1.165) is 12.1 Å². The topological polar surface area (TPSA) is 17.8 Å². The molecule has 0 amide bonds. The molecule has 1 aromatic heterocycles. The molecule has 0 spiro atoms. The molecule has 1 aliphatic carbocycles. The van der Waals surface area contributed by atoms with Crippen LogP contribution in [0.1, 0.15) is 47.6 Å². The van der Waals surface area contributed by atoms with Gasteiger partial charge in [-0.05, 0) is 17.7 Å². The van der Waals surface area contributed by atoms with Gasteiger partial charge in [0, 0.05) is 20.5 Å². The maximum atomic E-state index is 8.10. The zero-order chi connectivity index (χ0) is 10.6. The van der Waals surface area contributed by atoms with Crippen molar-refractivity contribution in [2.75, 3.05) is 0 Å². The van der Waals surface area contributed by atoms with Crippen LogP contribution in [-0.4, -0.2) is 9.55 Å². The molecule has 2 unspecified atom stereocenters. The van der Waals surface area contributed by atoms with Crippen LogP contribution in [0.4, 0.5) is 0 Å². The Bertz CT molecular complexity index is 351. The molecule has 0 saturated heterocycles. The minimum absolute atomic E-state index is 0. The number of rotatable bonds is 2. The van der Waals surface area contributed by atoms with Crippen LogP contribution in [0.3, 0.4) is 0 Å². The van der Waals surface area contributed by atoms with Crippen LogP contribution in [0, 0.1) is 11.3 Å². The van der Waals surface area contributed by atoms with E-state index in [9.17, 15) is 0 Å². The Hall–Kier alpha value is -0.790. The molecule has 2 heteroatoms. The Morgan fingerprint density at radius 1 is 1.71 bits per heavy atom. The van der Waals surface area contributed by atoms with Crippen LogP contribution in [-0.2, 0) is 7.05 Å². The number of hydrogen-bond acceptors (Lipinski definition) is 1. The van der Waals surface area contributed by atoms with Crippen molar-refractivity contribution in [3.8, 4) is 0 Å². The van der Waals surface area contributed by atoms with Gasteiger partial charge in [-0.2, -0.15) is 0 Å². The Kier molecular flexibility index (Phi) is 2.38. The van der Waals surface area contributed by atoms with E-state index in [0.29, 0.717) is 5.92 Å². The molecule has 80 valence electrons. The molecule has 1 saturated carbocycles. The summed E-state index contributed by atoms with van der Waals surface area (Å²) in [5.74, 6) is 0.117. The van der Waals surface area contributed by atoms with Crippen LogP contribution in [0.15, 0.2) is 12.5 Å². The van der Waals surface area contributed by atoms with Crippen molar-refractivity contribution in [2.24, 2.45) is 18.4 Å². The van der Waals surface area contributed by atoms with Gasteiger partial charge in [-0.15, -0.1) is 0 Å². The summed E-state index contributed by atoms with van der Waals surface area (Å²) in [7, 11) is 1.99. The van der Waals surface area contributed by atoms with Gasteiger partial charge >= 0.3 is 0 Å². The van der Waals surface area contributed by atoms with Crippen LogP contribution < -0.4 is 0 Å². The zero-order valence-corrected chi connectivity index (χ0v) is 8.83. The number of hydrogen-bond donors (Lipinski definition) is 0. The highest BCUT2D eigenvalue weighted by Gasteiger charge is 2.53. The summed E-state index contributed by atoms with van der Waals surface area (Å²) < 4.78 is 10.1. The highest BCUT2D eigenvalue weighted by atomic mass is 15.0. The molecule has 0 N–H and O–H groups in total. The molecule has 0 aromatic carbocycles. The van der Waals surface area contributed by atoms with Crippen LogP contribution >= 0.6 is 0 Å². The molecule has 2 rings (SSSR count). The van der Waals surface area contributed by atoms with Crippen molar-refractivity contribution in [1.29, 1.82) is 0 Å². The van der Waals surface area contributed by atoms with Crippen molar-refractivity contribution in [3.63, 3.8) is 0 Å². The van der Waals surface area contributed by atoms with E-state index in [4.69, 9.17) is 1.37 Å². The quantitative estimate of drug-likeness (QED) is 0.710. The lowest BCUT2D eigenvalue weighted by Gasteiger charge is -2.14. The van der Waals surface area contributed by atoms with E-state index in [2.05, 4.69) is 18.1 Å². The third kappa shape index (κ3) is 1.58. The average molecular weight is 196 g/mol. The third-order valence-electron chi connectivity index (χ3n) is 3.46. The van der Waals surface area contributed by atoms with Gasteiger partial charge in [0.05, 0.1) is 12.0 Å². The predicted molar refractivity (Wildman–Crippen MR) is 60.2 cm³/mol. The second kappa shape index (κ2) is 3.41. The lowest BCUT2D eigenvalue weighted by molar-refractivity contribution is 0.381. The Morgan fingerprint density at radius 3 is 2.71 bits per heavy atom. The minimum atomic E-state index is -0.366. The van der Waals surface area contributed by atoms with Gasteiger partial charge in [0.2, 0.25) is 0 Å². The molecular formula is C12H22N2. The van der Waals surface area contributed by atoms with E-state index in [1.807, 2.05) is 31.8 Å². The summed E-state index contributed by atoms with van der Waals surface area (Å²) in [6.07, 6.45) is 5.01. The predicted octanol–water partition coefficient (Wildman–Crippen LogP) is 3.21. The molecule has 1 aromatic rings. The lowest BCUT2D eigenvalue weighted by atomic mass is 9.91. The average Bonchev–Trinajstić information content (AvgIpc) is 2.54. The standard InChI is InChI=1S/C11H18N2.CH4/c1-8(2)11(3)5-9(11)10-6-13(4)7-12-10;/h6-9H,5H2,1-4H3;1H4/i8T;. The lowest BCUT2D eigenvalue weighted by Crippen LogP contribution is -2.06. The fourth-order valence-corrected chi connectivity index (χ4v) is 1.96. The summed E-state index contributed by atoms with van der Waals surface area (Å²) in [5.41, 5.74) is 1.26. The minimum Gasteiger partial charge on any atom is -0.340 e. The van der Waals surface area contributed by atoms with Gasteiger partial charge < -0.3 is 4.57 Å². The Balaban J connectivity index is 0.00000112. The highest BCUT2D eigenvalue weighted by molar-refractivity contribution is 5.21. The zero-order valence-electron chi connectivity index (χ0n) is 9.83. The third-order valence-corrected chi connectivity index (χ3v) is 3.46. The fraction of sp³-hybridized carbons (Fsp3) is 0.750. The van der Waals surface area contributed by atoms with E-state index in [-0.39, 0.29) is 18.7 Å². The molecule has 2 atom stereocenters. The molecule has 14 heavy (non-hydrogen) atoms. The van der Waals surface area contributed by atoms with Crippen molar-refractivity contribution in [2.45, 2.75) is 40.5 Å². The summed E-state index contributed by atoms with van der Waals surface area (Å²) in [6, 6.07) is 0. The molecule has 1 heterocycles. The van der Waals surface area contributed by atoms with Crippen molar-refractivity contribution < 1.29 is 1.37 Å². The van der Waals surface area contributed by atoms with E-state index in [1.54, 1.807) is 0 Å². The first-order chi connectivity index (χ1) is 6.34. The van der Waals surface area contributed by atoms with Crippen molar-refractivity contribution in [1.82, 2.24) is 9.55 Å². The first-order valence-electron chi connectivity index (χ1n) is 5.32. The smallest absolute Gasteiger partial charge is 0.0946 e. The number of aromatic nitrogens is 2. The van der Waals surface area contributed by atoms with Gasteiger partial charge in [-0.1, -0.05) is 28.2 Å². The Morgan fingerprint density at radius 2 is 2.36 bits per heavy atom. The number of aryl methyl sites for hydroxylation is 1. The van der Waals surface area contributed by atoms with E-state index >= 15 is 0 Å². The highest BCUT2D eigenvalue weighted by Crippen LogP contribution is 2.62. The van der Waals surface area contributed by atoms with Crippen LogP contribution in [0.2, 0.25) is 0 Å². The molecule has 1 aliphatic rings. The first kappa shape index (κ1) is 9.75. The largest absolute Gasteiger partial charge is 0.340 e. The normalized spacial score (nSPS) is 32.0. The summed E-state index contributed by atoms with van der Waals surface area (Å²) >= 11 is 0. The second-order valence-electron chi connectivity index (χ2n) is 4.64. The molecule has 0 radical (unpaired) electrons. The fourth-order valence-electron chi connectivity index (χ4n) is 1.96. The van der Waals surface area contributed by atoms with Gasteiger partial charge in [0.25, 0.3) is 0 Å². The van der Waals surface area contributed by atoms with Gasteiger partial charge in [0.1, 0.15) is 0 Å². The van der Waals surface area contributed by atoms with Gasteiger partial charge in [-0.25, -0.2) is 4.98 Å². The maximum Gasteiger partial charge on any atom is 0.0946 e. The molecule has 1 fully saturated rings. The molecule has 0 aliphatic heterocycles. The maximum absolute atomic E-state index is 8.10. The number of imidazole rings is 1. The first-order valence-corrected chi connectivity index (χ1v) is 4.82. The molecular weight excluding hydrogens is 172 g/mol. The molecule has 2 nitrogen and oxygen atoms in total. The summed E-state index contributed by atoms with van der Waals surface area (Å²) in [5, 5.41) is 0. The van der Waals surface area contributed by atoms with E-state index < -0.39 is 0 Å². The van der Waals surface area contributed by atoms with Crippen LogP contribution in [0.5, 0.6) is 0 Å². The SMILES string of the molecule is C.[3H]C(C)(C)C1(C)CC1c1cn(C)cn1. The second-order valence-corrected chi connectivity index (χ2v) is 4.64. The van der Waals surface area contributed by atoms with Crippen molar-refractivity contribution >= 4 is 0 Å². The van der Waals surface area contributed by atoms with Crippen molar-refractivity contribution in [3.05, 3.63) is 18.2 Å². The Labute approximate surface area is 88.8 Å². The van der Waals surface area contributed by atoms with E-state index in [1.165, 1.54) is 0 Å². The monoisotopic (exact) mass is 196 g/mol. The van der Waals surface area contributed by atoms with Crippen LogP contribution in [0.25, 0.3) is 0 Å². The number of nitrogens with zero attached hydrogens (tertiary/aromatic N) is 2. The molecule has 0 bridgehead atoms. The summed E-state index contributed by atoms with van der Waals surface area (Å²) in [4.78, 5) is 4.37. The van der Waals surface area contributed by atoms with Gasteiger partial charge in [-0.3, -0.25) is 0 Å². The van der Waals surface area contributed by atoms with Gasteiger partial charge in [0.15, 0.2) is 0 Å².